The van der Waals surface area contributed by atoms with Gasteiger partial charge < -0.3 is 25.3 Å². The third kappa shape index (κ3) is 9.88. The number of benzene rings is 1. The third-order valence-electron chi connectivity index (χ3n) is 6.64. The standard InChI is InChI=1S/C20H30N4O.2C2HF3O2/c1-2-10-22-11-8-18(9-12-22)24-14-16-13-23(15-19(16)24)20(25)21-17-6-4-3-5-7-17;2*3-2(4,5)1(6)7/h3-7,16,18-19H,2,8-15H2,1H3,(H,21,25);2*(H,6,7). The number of hydrogen-bond donors (Lipinski definition) is 3. The molecule has 15 heteroatoms. The summed E-state index contributed by atoms with van der Waals surface area (Å²) >= 11 is 0. The highest BCUT2D eigenvalue weighted by atomic mass is 19.4. The molecule has 2 atom stereocenters. The van der Waals surface area contributed by atoms with Crippen LogP contribution < -0.4 is 5.32 Å². The molecule has 0 aromatic heterocycles. The van der Waals surface area contributed by atoms with Gasteiger partial charge in [0.05, 0.1) is 0 Å². The van der Waals surface area contributed by atoms with Crippen molar-refractivity contribution in [2.45, 2.75) is 50.6 Å². The van der Waals surface area contributed by atoms with Crippen LogP contribution in [0, 0.1) is 5.92 Å². The summed E-state index contributed by atoms with van der Waals surface area (Å²) in [6.45, 7) is 8.96. The molecule has 3 saturated heterocycles. The number of carboxylic acids is 2. The molecule has 3 fully saturated rings. The average molecular weight is 571 g/mol. The molecule has 0 saturated carbocycles. The molecule has 1 aromatic carbocycles. The third-order valence-corrected chi connectivity index (χ3v) is 6.64. The summed E-state index contributed by atoms with van der Waals surface area (Å²) in [5.74, 6) is -4.84. The molecule has 3 aliphatic rings. The number of rotatable bonds is 4. The van der Waals surface area contributed by atoms with Crippen LogP contribution in [0.4, 0.5) is 36.8 Å². The highest BCUT2D eigenvalue weighted by molar-refractivity contribution is 5.89. The number of amides is 2. The molecule has 0 radical (unpaired) electrons. The van der Waals surface area contributed by atoms with Gasteiger partial charge in [-0.3, -0.25) is 4.90 Å². The second-order valence-electron chi connectivity index (χ2n) is 9.40. The Hall–Kier alpha value is -3.07. The number of nitrogens with one attached hydrogen (secondary N) is 1. The number of likely N-dealkylation sites (tertiary alicyclic amines) is 3. The Balaban J connectivity index is 0.000000317. The van der Waals surface area contributed by atoms with Crippen molar-refractivity contribution in [3.8, 4) is 0 Å². The maximum atomic E-state index is 12.5. The van der Waals surface area contributed by atoms with Crippen molar-refractivity contribution in [1.29, 1.82) is 0 Å². The van der Waals surface area contributed by atoms with Crippen LogP contribution >= 0.6 is 0 Å². The van der Waals surface area contributed by atoms with E-state index in [2.05, 4.69) is 22.0 Å². The molecular formula is C24H32F6N4O5. The number of para-hydroxylation sites is 1. The van der Waals surface area contributed by atoms with Crippen LogP contribution in [0.2, 0.25) is 0 Å². The highest BCUT2D eigenvalue weighted by Gasteiger charge is 2.49. The van der Waals surface area contributed by atoms with Gasteiger partial charge in [0.25, 0.3) is 0 Å². The predicted molar refractivity (Wildman–Crippen MR) is 128 cm³/mol. The van der Waals surface area contributed by atoms with Crippen LogP contribution in [-0.2, 0) is 9.59 Å². The zero-order chi connectivity index (χ0) is 29.4. The molecule has 0 bridgehead atoms. The van der Waals surface area contributed by atoms with Crippen LogP contribution in [0.25, 0.3) is 0 Å². The number of carboxylic acid groups (broad SMARTS) is 2. The molecule has 3 N–H and O–H groups in total. The Bertz CT molecular complexity index is 931. The normalized spacial score (nSPS) is 21.9. The van der Waals surface area contributed by atoms with Crippen molar-refractivity contribution in [3.63, 3.8) is 0 Å². The van der Waals surface area contributed by atoms with Crippen molar-refractivity contribution in [3.05, 3.63) is 30.3 Å². The summed E-state index contributed by atoms with van der Waals surface area (Å²) in [6, 6.07) is 11.1. The van der Waals surface area contributed by atoms with E-state index in [-0.39, 0.29) is 6.03 Å². The van der Waals surface area contributed by atoms with Crippen LogP contribution in [0.1, 0.15) is 26.2 Å². The van der Waals surface area contributed by atoms with Crippen LogP contribution in [-0.4, -0.2) is 107 Å². The van der Waals surface area contributed by atoms with Gasteiger partial charge in [0.15, 0.2) is 0 Å². The molecule has 9 nitrogen and oxygen atoms in total. The molecule has 39 heavy (non-hydrogen) atoms. The molecule has 0 aliphatic carbocycles. The van der Waals surface area contributed by atoms with Gasteiger partial charge >= 0.3 is 30.3 Å². The zero-order valence-electron chi connectivity index (χ0n) is 21.2. The number of halogens is 6. The molecule has 1 aromatic rings. The largest absolute Gasteiger partial charge is 0.490 e. The lowest BCUT2D eigenvalue weighted by atomic mass is 9.87. The first-order chi connectivity index (χ1) is 18.1. The fourth-order valence-corrected chi connectivity index (χ4v) is 4.78. The summed E-state index contributed by atoms with van der Waals surface area (Å²) < 4.78 is 63.5. The fourth-order valence-electron chi connectivity index (χ4n) is 4.78. The first kappa shape index (κ1) is 32.1. The molecule has 0 spiro atoms. The van der Waals surface area contributed by atoms with Crippen molar-refractivity contribution >= 4 is 23.7 Å². The van der Waals surface area contributed by atoms with Gasteiger partial charge in [-0.05, 0) is 51.0 Å². The topological polar surface area (TPSA) is 113 Å². The summed E-state index contributed by atoms with van der Waals surface area (Å²) in [5.41, 5.74) is 0.881. The first-order valence-electron chi connectivity index (χ1n) is 12.3. The lowest BCUT2D eigenvalue weighted by molar-refractivity contribution is -0.193. The number of anilines is 1. The second kappa shape index (κ2) is 13.8. The lowest BCUT2D eigenvalue weighted by Gasteiger charge is -2.50. The number of urea groups is 1. The Morgan fingerprint density at radius 1 is 0.897 bits per heavy atom. The van der Waals surface area contributed by atoms with Gasteiger partial charge in [0, 0.05) is 43.3 Å². The Morgan fingerprint density at radius 3 is 1.87 bits per heavy atom. The molecule has 2 unspecified atom stereocenters. The van der Waals surface area contributed by atoms with E-state index in [9.17, 15) is 31.1 Å². The predicted octanol–water partition coefficient (Wildman–Crippen LogP) is 3.98. The van der Waals surface area contributed by atoms with E-state index in [1.54, 1.807) is 0 Å². The van der Waals surface area contributed by atoms with Gasteiger partial charge in [-0.25, -0.2) is 14.4 Å². The number of piperidine rings is 1. The fraction of sp³-hybridized carbons (Fsp3) is 0.625. The Kier molecular flexibility index (Phi) is 11.4. The number of carbonyl (C=O) groups excluding carboxylic acids is 1. The maximum Gasteiger partial charge on any atom is 0.490 e. The van der Waals surface area contributed by atoms with E-state index in [4.69, 9.17) is 19.8 Å². The van der Waals surface area contributed by atoms with Crippen molar-refractivity contribution in [1.82, 2.24) is 14.7 Å². The van der Waals surface area contributed by atoms with Gasteiger partial charge in [0.2, 0.25) is 0 Å². The van der Waals surface area contributed by atoms with E-state index in [0.29, 0.717) is 12.0 Å². The maximum absolute atomic E-state index is 12.5. The van der Waals surface area contributed by atoms with Gasteiger partial charge in [-0.15, -0.1) is 0 Å². The van der Waals surface area contributed by atoms with E-state index < -0.39 is 24.3 Å². The summed E-state index contributed by atoms with van der Waals surface area (Å²) in [6.07, 6.45) is -6.33. The summed E-state index contributed by atoms with van der Waals surface area (Å²) in [7, 11) is 0. The van der Waals surface area contributed by atoms with Crippen LogP contribution in [0.15, 0.2) is 30.3 Å². The first-order valence-corrected chi connectivity index (χ1v) is 12.3. The molecule has 4 rings (SSSR count). The quantitative estimate of drug-likeness (QED) is 0.470. The molecule has 2 amide bonds. The van der Waals surface area contributed by atoms with Crippen LogP contribution in [0.5, 0.6) is 0 Å². The summed E-state index contributed by atoms with van der Waals surface area (Å²) in [4.78, 5) is 37.6. The van der Waals surface area contributed by atoms with Crippen molar-refractivity contribution in [2.24, 2.45) is 5.92 Å². The van der Waals surface area contributed by atoms with Crippen molar-refractivity contribution in [2.75, 3.05) is 44.6 Å². The molecule has 3 aliphatic heterocycles. The number of aliphatic carboxylic acids is 2. The Morgan fingerprint density at radius 2 is 1.41 bits per heavy atom. The second-order valence-corrected chi connectivity index (χ2v) is 9.40. The monoisotopic (exact) mass is 570 g/mol. The van der Waals surface area contributed by atoms with Gasteiger partial charge in [-0.1, -0.05) is 25.1 Å². The number of alkyl halides is 6. The Labute approximate surface area is 221 Å². The molecular weight excluding hydrogens is 538 g/mol. The van der Waals surface area contributed by atoms with E-state index in [0.717, 1.165) is 24.8 Å². The SMILES string of the molecule is CCCN1CCC(N2CC3CN(C(=O)Nc4ccccc4)CC32)CC1.O=C(O)C(F)(F)F.O=C(O)C(F)(F)F. The number of hydrogen-bond acceptors (Lipinski definition) is 5. The molecule has 220 valence electrons. The highest BCUT2D eigenvalue weighted by Crippen LogP contribution is 2.36. The van der Waals surface area contributed by atoms with Crippen LogP contribution in [0.3, 0.4) is 0 Å². The van der Waals surface area contributed by atoms with Gasteiger partial charge in [0.1, 0.15) is 0 Å². The smallest absolute Gasteiger partial charge is 0.475 e. The van der Waals surface area contributed by atoms with E-state index >= 15 is 0 Å². The van der Waals surface area contributed by atoms with Gasteiger partial charge in [-0.2, -0.15) is 26.3 Å². The summed E-state index contributed by atoms with van der Waals surface area (Å²) in [5, 5.41) is 17.3. The van der Waals surface area contributed by atoms with E-state index in [1.807, 2.05) is 35.2 Å². The number of nitrogens with zero attached hydrogens (tertiary/aromatic N) is 3. The average Bonchev–Trinajstić information content (AvgIpc) is 3.17. The molecule has 3 heterocycles. The van der Waals surface area contributed by atoms with E-state index in [1.165, 1.54) is 45.4 Å². The zero-order valence-corrected chi connectivity index (χ0v) is 21.2. The minimum atomic E-state index is -5.08. The lowest BCUT2D eigenvalue weighted by Crippen LogP contribution is -2.61. The minimum Gasteiger partial charge on any atom is -0.475 e. The van der Waals surface area contributed by atoms with Crippen molar-refractivity contribution < 1.29 is 50.9 Å². The number of fused-ring (bicyclic) bond motifs is 1. The number of carbonyl (C=O) groups is 3. The minimum absolute atomic E-state index is 0.0540.